The van der Waals surface area contributed by atoms with Gasteiger partial charge in [-0.25, -0.2) is 8.78 Å². The van der Waals surface area contributed by atoms with Crippen molar-refractivity contribution in [1.82, 2.24) is 0 Å². The number of ether oxygens (including phenoxy) is 1. The molecule has 0 heterocycles. The van der Waals surface area contributed by atoms with Crippen molar-refractivity contribution in [2.45, 2.75) is 6.42 Å². The first-order chi connectivity index (χ1) is 6.54. The highest BCUT2D eigenvalue weighted by atomic mass is 19.1. The van der Waals surface area contributed by atoms with Crippen molar-refractivity contribution in [3.05, 3.63) is 29.3 Å². The van der Waals surface area contributed by atoms with Crippen molar-refractivity contribution in [1.29, 1.82) is 0 Å². The van der Waals surface area contributed by atoms with E-state index in [0.29, 0.717) is 6.07 Å². The minimum atomic E-state index is -1.06. The van der Waals surface area contributed by atoms with Crippen molar-refractivity contribution < 1.29 is 23.4 Å². The Hall–Kier alpha value is -1.65. The fourth-order valence-corrected chi connectivity index (χ4v) is 0.944. The van der Waals surface area contributed by atoms with E-state index >= 15 is 0 Å². The van der Waals surface area contributed by atoms with Crippen LogP contribution in [0.3, 0.4) is 0 Å². The number of halogens is 2. The van der Waals surface area contributed by atoms with Gasteiger partial charge >= 0.3 is 5.97 Å². The Kier molecular flexibility index (Phi) is 3.01. The summed E-state index contributed by atoms with van der Waals surface area (Å²) in [5, 5.41) is 8.92. The van der Waals surface area contributed by atoms with Gasteiger partial charge in [0.15, 0.2) is 11.6 Å². The highest BCUT2D eigenvalue weighted by Crippen LogP contribution is 2.20. The van der Waals surface area contributed by atoms with Crippen LogP contribution < -0.4 is 0 Å². The maximum Gasteiger partial charge on any atom is 0.310 e. The van der Waals surface area contributed by atoms with E-state index in [9.17, 15) is 13.6 Å². The van der Waals surface area contributed by atoms with Gasteiger partial charge in [0.05, 0.1) is 13.5 Å². The van der Waals surface area contributed by atoms with Crippen LogP contribution in [0.25, 0.3) is 0 Å². The van der Waals surface area contributed by atoms with E-state index in [1.165, 1.54) is 0 Å². The van der Waals surface area contributed by atoms with Crippen molar-refractivity contribution >= 4 is 5.97 Å². The van der Waals surface area contributed by atoms with Crippen molar-refractivity contribution in [2.75, 3.05) is 7.11 Å². The molecule has 5 heteroatoms. The molecule has 1 N–H and O–H groups in total. The highest BCUT2D eigenvalue weighted by molar-refractivity contribution is 5.72. The maximum atomic E-state index is 13.0. The minimum absolute atomic E-state index is 0.101. The fourth-order valence-electron chi connectivity index (χ4n) is 0.944. The Morgan fingerprint density at radius 1 is 1.43 bits per heavy atom. The zero-order chi connectivity index (χ0) is 10.7. The van der Waals surface area contributed by atoms with Crippen LogP contribution >= 0.6 is 0 Å². The van der Waals surface area contributed by atoms with E-state index in [2.05, 4.69) is 4.74 Å². The van der Waals surface area contributed by atoms with Crippen LogP contribution in [0.5, 0.6) is 5.75 Å². The number of phenolic OH excluding ortho intramolecular Hbond substituents is 1. The van der Waals surface area contributed by atoms with E-state index < -0.39 is 23.4 Å². The van der Waals surface area contributed by atoms with Gasteiger partial charge in [0.1, 0.15) is 5.82 Å². The Morgan fingerprint density at radius 3 is 2.64 bits per heavy atom. The fraction of sp³-hybridized carbons (Fsp3) is 0.222. The molecule has 0 atom stereocenters. The van der Waals surface area contributed by atoms with E-state index in [0.717, 1.165) is 13.2 Å². The molecule has 0 spiro atoms. The van der Waals surface area contributed by atoms with Crippen LogP contribution in [-0.2, 0) is 16.0 Å². The molecule has 1 rings (SSSR count). The molecular weight excluding hydrogens is 194 g/mol. The lowest BCUT2D eigenvalue weighted by molar-refractivity contribution is -0.139. The molecule has 3 nitrogen and oxygen atoms in total. The number of carbonyl (C=O) groups excluding carboxylic acids is 1. The molecule has 0 aliphatic heterocycles. The summed E-state index contributed by atoms with van der Waals surface area (Å²) < 4.78 is 29.8. The topological polar surface area (TPSA) is 46.5 Å². The van der Waals surface area contributed by atoms with Gasteiger partial charge in [0.25, 0.3) is 0 Å². The molecule has 0 fully saturated rings. The average Bonchev–Trinajstić information content (AvgIpc) is 2.14. The summed E-state index contributed by atoms with van der Waals surface area (Å²) in [5.41, 5.74) is -0.101. The van der Waals surface area contributed by atoms with Gasteiger partial charge in [-0.2, -0.15) is 0 Å². The number of phenols is 1. The molecule has 0 amide bonds. The molecule has 1 aromatic carbocycles. The molecule has 0 radical (unpaired) electrons. The Bertz CT molecular complexity index is 363. The van der Waals surface area contributed by atoms with E-state index in [4.69, 9.17) is 5.11 Å². The van der Waals surface area contributed by atoms with Gasteiger partial charge < -0.3 is 9.84 Å². The lowest BCUT2D eigenvalue weighted by atomic mass is 10.1. The van der Waals surface area contributed by atoms with Gasteiger partial charge in [-0.05, 0) is 6.07 Å². The number of rotatable bonds is 2. The molecule has 14 heavy (non-hydrogen) atoms. The first kappa shape index (κ1) is 10.4. The number of hydrogen-bond acceptors (Lipinski definition) is 3. The Morgan fingerprint density at radius 2 is 2.07 bits per heavy atom. The molecule has 1 aromatic rings. The molecule has 0 saturated carbocycles. The molecule has 0 saturated heterocycles. The minimum Gasteiger partial charge on any atom is -0.505 e. The van der Waals surface area contributed by atoms with Crippen molar-refractivity contribution in [2.24, 2.45) is 0 Å². The van der Waals surface area contributed by atoms with Crippen molar-refractivity contribution in [3.63, 3.8) is 0 Å². The van der Waals surface area contributed by atoms with Crippen LogP contribution in [0.1, 0.15) is 5.56 Å². The third-order valence-electron chi connectivity index (χ3n) is 1.68. The van der Waals surface area contributed by atoms with Crippen LogP contribution in [0.15, 0.2) is 12.1 Å². The zero-order valence-corrected chi connectivity index (χ0v) is 7.38. The standard InChI is InChI=1S/C9H8F2O3/c1-14-9(13)3-5-2-8(12)7(11)4-6(5)10/h2,4,12H,3H2,1H3. The summed E-state index contributed by atoms with van der Waals surface area (Å²) in [7, 11) is 1.16. The van der Waals surface area contributed by atoms with Crippen LogP contribution in [0.4, 0.5) is 8.78 Å². The Balaban J connectivity index is 2.98. The predicted octanol–water partition coefficient (Wildman–Crippen LogP) is 1.39. The summed E-state index contributed by atoms with van der Waals surface area (Å²) in [5.74, 6) is -3.29. The number of aromatic hydroxyl groups is 1. The number of esters is 1. The quantitative estimate of drug-likeness (QED) is 0.737. The predicted molar refractivity (Wildman–Crippen MR) is 43.7 cm³/mol. The summed E-state index contributed by atoms with van der Waals surface area (Å²) in [6.45, 7) is 0. The SMILES string of the molecule is COC(=O)Cc1cc(O)c(F)cc1F. The van der Waals surface area contributed by atoms with E-state index in [1.807, 2.05) is 0 Å². The average molecular weight is 202 g/mol. The first-order valence-corrected chi connectivity index (χ1v) is 3.78. The number of carbonyl (C=O) groups is 1. The van der Waals surface area contributed by atoms with Crippen LogP contribution in [0, 0.1) is 11.6 Å². The van der Waals surface area contributed by atoms with Crippen molar-refractivity contribution in [3.8, 4) is 5.75 Å². The smallest absolute Gasteiger partial charge is 0.310 e. The lowest BCUT2D eigenvalue weighted by Crippen LogP contribution is -2.06. The van der Waals surface area contributed by atoms with Gasteiger partial charge in [-0.1, -0.05) is 0 Å². The maximum absolute atomic E-state index is 13.0. The molecule has 0 aliphatic carbocycles. The molecule has 0 bridgehead atoms. The third kappa shape index (κ3) is 2.18. The normalized spacial score (nSPS) is 9.93. The van der Waals surface area contributed by atoms with E-state index in [1.54, 1.807) is 0 Å². The monoisotopic (exact) mass is 202 g/mol. The van der Waals surface area contributed by atoms with E-state index in [-0.39, 0.29) is 12.0 Å². The van der Waals surface area contributed by atoms with Gasteiger partial charge in [0, 0.05) is 11.6 Å². The number of methoxy groups -OCH3 is 1. The highest BCUT2D eigenvalue weighted by Gasteiger charge is 2.12. The van der Waals surface area contributed by atoms with Crippen LogP contribution in [-0.4, -0.2) is 18.2 Å². The molecule has 0 unspecified atom stereocenters. The molecule has 76 valence electrons. The summed E-state index contributed by atoms with van der Waals surface area (Å²) in [6.07, 6.45) is -0.337. The van der Waals surface area contributed by atoms with Gasteiger partial charge in [-0.3, -0.25) is 4.79 Å². The largest absolute Gasteiger partial charge is 0.505 e. The second-order valence-electron chi connectivity index (χ2n) is 2.65. The number of hydrogen-bond donors (Lipinski definition) is 1. The molecule has 0 aromatic heterocycles. The summed E-state index contributed by atoms with van der Waals surface area (Å²) >= 11 is 0. The van der Waals surface area contributed by atoms with Gasteiger partial charge in [-0.15, -0.1) is 0 Å². The second-order valence-corrected chi connectivity index (χ2v) is 2.65. The van der Waals surface area contributed by atoms with Gasteiger partial charge in [0.2, 0.25) is 0 Å². The third-order valence-corrected chi connectivity index (χ3v) is 1.68. The Labute approximate surface area is 78.9 Å². The first-order valence-electron chi connectivity index (χ1n) is 3.78. The number of benzene rings is 1. The lowest BCUT2D eigenvalue weighted by Gasteiger charge is -2.03. The second kappa shape index (κ2) is 4.04. The van der Waals surface area contributed by atoms with Crippen LogP contribution in [0.2, 0.25) is 0 Å². The summed E-state index contributed by atoms with van der Waals surface area (Å²) in [4.78, 5) is 10.8. The summed E-state index contributed by atoms with van der Waals surface area (Å²) in [6, 6.07) is 1.38. The zero-order valence-electron chi connectivity index (χ0n) is 7.38. The molecular formula is C9H8F2O3. The molecule has 0 aliphatic rings.